The van der Waals surface area contributed by atoms with Crippen LogP contribution in [0.3, 0.4) is 0 Å². The molecule has 0 aliphatic carbocycles. The first kappa shape index (κ1) is 27.9. The number of hydrogen-bond donors (Lipinski definition) is 0. The Labute approximate surface area is 175 Å². The van der Waals surface area contributed by atoms with Crippen molar-refractivity contribution in [2.24, 2.45) is 0 Å². The van der Waals surface area contributed by atoms with E-state index in [1.54, 1.807) is 7.11 Å². The van der Waals surface area contributed by atoms with Gasteiger partial charge in [0.1, 0.15) is 6.79 Å². The van der Waals surface area contributed by atoms with E-state index in [0.717, 1.165) is 5.56 Å². The summed E-state index contributed by atoms with van der Waals surface area (Å²) in [5.74, 6) is 0. The average Bonchev–Trinajstić information content (AvgIpc) is 3.17. The molecule has 0 aliphatic heterocycles. The molecule has 1 heterocycles. The zero-order valence-electron chi connectivity index (χ0n) is 15.5. The van der Waals surface area contributed by atoms with Gasteiger partial charge in [-0.15, -0.1) is 0 Å². The van der Waals surface area contributed by atoms with Gasteiger partial charge in [-0.3, -0.25) is 0 Å². The SMILES string of the molecule is COCOCc1cccc(C)c1-n1ccc2ccccc21.[C-]#[O+].[C-]#[O+].[C-]#[O+].[Cr]. The Bertz CT molecular complexity index is 869. The van der Waals surface area contributed by atoms with E-state index in [-0.39, 0.29) is 17.4 Å². The summed E-state index contributed by atoms with van der Waals surface area (Å²) >= 11 is 0. The molecule has 0 saturated carbocycles. The van der Waals surface area contributed by atoms with E-state index in [1.807, 2.05) is 0 Å². The number of rotatable bonds is 5. The summed E-state index contributed by atoms with van der Waals surface area (Å²) in [5.41, 5.74) is 4.79. The van der Waals surface area contributed by atoms with Crippen LogP contribution in [0.5, 0.6) is 0 Å². The number of fused-ring (bicyclic) bond motifs is 1. The van der Waals surface area contributed by atoms with Crippen LogP contribution in [-0.2, 0) is 47.4 Å². The van der Waals surface area contributed by atoms with Crippen LogP contribution in [0.15, 0.2) is 54.7 Å². The summed E-state index contributed by atoms with van der Waals surface area (Å²) in [6, 6.07) is 16.8. The molecule has 0 aliphatic rings. The number of aryl methyl sites for hydroxylation is 1. The molecule has 0 unspecified atom stereocenters. The largest absolute Gasteiger partial charge is 0 e. The standard InChI is InChI=1S/C18H19NO2.3CO.Cr/c1-14-6-5-8-16(12-21-13-20-2)18(14)19-11-10-15-7-3-4-9-17(15)19;3*1-2;/h3-11H,12-13H2,1-2H3;;;;. The van der Waals surface area contributed by atoms with Crippen molar-refractivity contribution in [1.29, 1.82) is 0 Å². The summed E-state index contributed by atoms with van der Waals surface area (Å²) in [6.07, 6.45) is 2.12. The fraction of sp³-hybridized carbons (Fsp3) is 0.190. The molecular formula is C21H19CrNO5. The van der Waals surface area contributed by atoms with Crippen molar-refractivity contribution in [2.45, 2.75) is 13.5 Å². The van der Waals surface area contributed by atoms with Crippen molar-refractivity contribution < 1.29 is 40.8 Å². The Hall–Kier alpha value is -2.35. The Balaban J connectivity index is 0. The topological polar surface area (TPSA) is 83.1 Å². The molecule has 0 amide bonds. The minimum absolute atomic E-state index is 0. The third-order valence-electron chi connectivity index (χ3n) is 3.62. The second-order valence-electron chi connectivity index (χ2n) is 5.08. The van der Waals surface area contributed by atoms with Crippen molar-refractivity contribution >= 4 is 10.9 Å². The normalized spacial score (nSPS) is 8.57. The van der Waals surface area contributed by atoms with Gasteiger partial charge in [-0.05, 0) is 30.0 Å². The van der Waals surface area contributed by atoms with E-state index in [1.165, 1.54) is 22.2 Å². The van der Waals surface area contributed by atoms with Crippen molar-refractivity contribution in [3.8, 4) is 5.69 Å². The molecule has 0 spiro atoms. The monoisotopic (exact) mass is 417 g/mol. The van der Waals surface area contributed by atoms with Crippen molar-refractivity contribution in [2.75, 3.05) is 13.9 Å². The predicted molar refractivity (Wildman–Crippen MR) is 96.5 cm³/mol. The number of para-hydroxylation sites is 2. The van der Waals surface area contributed by atoms with Crippen molar-refractivity contribution in [1.82, 2.24) is 4.57 Å². The van der Waals surface area contributed by atoms with E-state index >= 15 is 0 Å². The minimum atomic E-state index is 0. The van der Waals surface area contributed by atoms with Gasteiger partial charge in [0.2, 0.25) is 0 Å². The molecule has 3 aromatic rings. The number of benzene rings is 2. The van der Waals surface area contributed by atoms with E-state index in [2.05, 4.69) is 86.2 Å². The summed E-state index contributed by atoms with van der Waals surface area (Å²) in [4.78, 5) is 0. The molecule has 6 nitrogen and oxygen atoms in total. The molecule has 0 saturated heterocycles. The molecule has 7 heteroatoms. The maximum Gasteiger partial charge on any atom is 0 e. The van der Waals surface area contributed by atoms with E-state index in [0.29, 0.717) is 13.4 Å². The summed E-state index contributed by atoms with van der Waals surface area (Å²) in [5, 5.41) is 1.24. The second kappa shape index (κ2) is 16.8. The van der Waals surface area contributed by atoms with E-state index in [9.17, 15) is 0 Å². The molecule has 0 bridgehead atoms. The number of methoxy groups -OCH3 is 1. The summed E-state index contributed by atoms with van der Waals surface area (Å²) in [6.45, 7) is 16.5. The van der Waals surface area contributed by atoms with Gasteiger partial charge in [-0.1, -0.05) is 36.4 Å². The molecule has 0 atom stereocenters. The molecule has 2 aromatic carbocycles. The van der Waals surface area contributed by atoms with Crippen LogP contribution >= 0.6 is 0 Å². The third kappa shape index (κ3) is 7.34. The van der Waals surface area contributed by atoms with Gasteiger partial charge >= 0.3 is 33.9 Å². The van der Waals surface area contributed by atoms with Gasteiger partial charge in [0.05, 0.1) is 17.8 Å². The quantitative estimate of drug-likeness (QED) is 0.273. The van der Waals surface area contributed by atoms with Gasteiger partial charge in [-0.2, -0.15) is 0 Å². The predicted octanol–water partition coefficient (Wildman–Crippen LogP) is 3.94. The molecule has 28 heavy (non-hydrogen) atoms. The number of ether oxygens (including phenoxy) is 2. The van der Waals surface area contributed by atoms with Gasteiger partial charge < -0.3 is 14.0 Å². The number of nitrogens with zero attached hydrogens (tertiary/aromatic N) is 1. The van der Waals surface area contributed by atoms with Gasteiger partial charge in [-0.25, -0.2) is 0 Å². The van der Waals surface area contributed by atoms with Gasteiger partial charge in [0.15, 0.2) is 0 Å². The Morgan fingerprint density at radius 2 is 1.54 bits per heavy atom. The minimum Gasteiger partial charge on any atom is 0 e. The maximum atomic E-state index is 7.50. The van der Waals surface area contributed by atoms with Gasteiger partial charge in [0.25, 0.3) is 0 Å². The van der Waals surface area contributed by atoms with Crippen LogP contribution < -0.4 is 0 Å². The molecular weight excluding hydrogens is 398 g/mol. The molecule has 0 radical (unpaired) electrons. The van der Waals surface area contributed by atoms with Crippen LogP contribution in [0.1, 0.15) is 11.1 Å². The van der Waals surface area contributed by atoms with E-state index < -0.39 is 0 Å². The van der Waals surface area contributed by atoms with Crippen LogP contribution in [0.4, 0.5) is 0 Å². The zero-order valence-corrected chi connectivity index (χ0v) is 16.8. The Morgan fingerprint density at radius 3 is 2.18 bits per heavy atom. The summed E-state index contributed by atoms with van der Waals surface area (Å²) in [7, 11) is 1.64. The third-order valence-corrected chi connectivity index (χ3v) is 3.62. The van der Waals surface area contributed by atoms with Crippen molar-refractivity contribution in [3.05, 3.63) is 85.8 Å². The number of hydrogen-bond acceptors (Lipinski definition) is 2. The maximum absolute atomic E-state index is 7.50. The smallest absolute Gasteiger partial charge is 0 e. The first-order chi connectivity index (χ1) is 13.3. The van der Waals surface area contributed by atoms with Crippen LogP contribution in [0.2, 0.25) is 0 Å². The first-order valence-corrected chi connectivity index (χ1v) is 7.64. The average molecular weight is 417 g/mol. The Morgan fingerprint density at radius 1 is 0.893 bits per heavy atom. The molecule has 1 aromatic heterocycles. The molecule has 144 valence electrons. The zero-order chi connectivity index (χ0) is 20.7. The first-order valence-electron chi connectivity index (χ1n) is 7.64. The molecule has 0 N–H and O–H groups in total. The molecule has 3 rings (SSSR count). The van der Waals surface area contributed by atoms with Crippen molar-refractivity contribution in [3.63, 3.8) is 0 Å². The van der Waals surface area contributed by atoms with E-state index in [4.69, 9.17) is 23.4 Å². The number of aromatic nitrogens is 1. The Kier molecular flexibility index (Phi) is 16.7. The fourth-order valence-electron chi connectivity index (χ4n) is 2.69. The second-order valence-corrected chi connectivity index (χ2v) is 5.08. The van der Waals surface area contributed by atoms with Crippen LogP contribution in [0, 0.1) is 26.9 Å². The summed E-state index contributed by atoms with van der Waals surface area (Å²) < 4.78 is 35.2. The molecule has 0 fully saturated rings. The van der Waals surface area contributed by atoms with Crippen LogP contribution in [-0.4, -0.2) is 18.5 Å². The van der Waals surface area contributed by atoms with Crippen LogP contribution in [0.25, 0.3) is 16.6 Å². The fourth-order valence-corrected chi connectivity index (χ4v) is 2.69. The van der Waals surface area contributed by atoms with Gasteiger partial charge in [0, 0.05) is 36.2 Å².